The molecule has 0 bridgehead atoms. The number of nitrogens with one attached hydrogen (secondary N) is 1. The van der Waals surface area contributed by atoms with Gasteiger partial charge in [0.15, 0.2) is 5.82 Å². The lowest BCUT2D eigenvalue weighted by atomic mass is 10.0. The summed E-state index contributed by atoms with van der Waals surface area (Å²) in [5.74, 6) is 1.30. The van der Waals surface area contributed by atoms with Crippen molar-refractivity contribution >= 4 is 0 Å². The Hall–Kier alpha value is -0.930. The number of nitrogens with zero attached hydrogens (tertiary/aromatic N) is 3. The maximum absolute atomic E-state index is 4.05. The van der Waals surface area contributed by atoms with Crippen LogP contribution in [0.5, 0.6) is 0 Å². The van der Waals surface area contributed by atoms with Crippen LogP contribution in [0.15, 0.2) is 0 Å². The van der Waals surface area contributed by atoms with Gasteiger partial charge in [0.2, 0.25) is 0 Å². The van der Waals surface area contributed by atoms with Crippen LogP contribution in [-0.4, -0.2) is 20.6 Å². The summed E-state index contributed by atoms with van der Waals surface area (Å²) in [4.78, 5) is 0. The predicted molar refractivity (Wildman–Crippen MR) is 97.5 cm³/mol. The van der Waals surface area contributed by atoms with Gasteiger partial charge >= 0.3 is 0 Å². The lowest BCUT2D eigenvalue weighted by molar-refractivity contribution is 0.520. The van der Waals surface area contributed by atoms with Crippen molar-refractivity contribution in [2.45, 2.75) is 116 Å². The van der Waals surface area contributed by atoms with Gasteiger partial charge in [-0.25, -0.2) is 0 Å². The number of unbranched alkanes of at least 4 members (excludes halogenated alkanes) is 13. The molecule has 134 valence electrons. The first kappa shape index (κ1) is 20.1. The Morgan fingerprint density at radius 2 is 1.22 bits per heavy atom. The minimum absolute atomic E-state index is 0.436. The number of hydrogen-bond donors (Lipinski definition) is 1. The Morgan fingerprint density at radius 1 is 0.739 bits per heavy atom. The Bertz CT molecular complexity index is 337. The van der Waals surface area contributed by atoms with Gasteiger partial charge in [-0.05, 0) is 6.42 Å². The lowest BCUT2D eigenvalue weighted by Gasteiger charge is -2.06. The number of aromatic amines is 1. The van der Waals surface area contributed by atoms with E-state index in [0.717, 1.165) is 5.82 Å². The van der Waals surface area contributed by atoms with E-state index < -0.39 is 0 Å². The van der Waals surface area contributed by atoms with Gasteiger partial charge in [0, 0.05) is 5.92 Å². The first-order valence-corrected chi connectivity index (χ1v) is 10.1. The second-order valence-corrected chi connectivity index (χ2v) is 7.06. The van der Waals surface area contributed by atoms with E-state index in [1.54, 1.807) is 0 Å². The first-order valence-electron chi connectivity index (χ1n) is 10.1. The molecule has 0 spiro atoms. The fourth-order valence-electron chi connectivity index (χ4n) is 3.15. The van der Waals surface area contributed by atoms with Crippen molar-refractivity contribution < 1.29 is 0 Å². The summed E-state index contributed by atoms with van der Waals surface area (Å²) < 4.78 is 0. The van der Waals surface area contributed by atoms with Crippen LogP contribution in [0, 0.1) is 0 Å². The number of hydrogen-bond acceptors (Lipinski definition) is 3. The van der Waals surface area contributed by atoms with E-state index in [-0.39, 0.29) is 0 Å². The van der Waals surface area contributed by atoms with E-state index >= 15 is 0 Å². The highest BCUT2D eigenvalue weighted by molar-refractivity contribution is 4.86. The standard InChI is InChI=1S/C19H38N4/c1-3-4-5-6-7-8-9-10-11-12-13-14-15-16-17-18(2)19-20-22-23-21-19/h18H,3-17H2,1-2H3,(H,20,21,22,23). The third-order valence-corrected chi connectivity index (χ3v) is 4.79. The number of tetrazole rings is 1. The molecule has 0 radical (unpaired) electrons. The van der Waals surface area contributed by atoms with E-state index in [0.29, 0.717) is 5.92 Å². The van der Waals surface area contributed by atoms with Crippen LogP contribution in [0.1, 0.15) is 122 Å². The van der Waals surface area contributed by atoms with E-state index in [4.69, 9.17) is 0 Å². The van der Waals surface area contributed by atoms with Gasteiger partial charge in [-0.2, -0.15) is 5.21 Å². The molecular weight excluding hydrogens is 284 g/mol. The highest BCUT2D eigenvalue weighted by atomic mass is 15.5. The molecule has 1 aromatic heterocycles. The van der Waals surface area contributed by atoms with Crippen LogP contribution in [0.3, 0.4) is 0 Å². The SMILES string of the molecule is CCCCCCCCCCCCCCCCC(C)c1nn[nH]n1. The second kappa shape index (κ2) is 14.6. The molecule has 1 atom stereocenters. The third-order valence-electron chi connectivity index (χ3n) is 4.79. The largest absolute Gasteiger partial charge is 0.177 e. The quantitative estimate of drug-likeness (QED) is 0.370. The van der Waals surface area contributed by atoms with Crippen LogP contribution in [-0.2, 0) is 0 Å². The number of H-pyrrole nitrogens is 1. The monoisotopic (exact) mass is 322 g/mol. The molecule has 0 aliphatic carbocycles. The van der Waals surface area contributed by atoms with Crippen molar-refractivity contribution in [3.05, 3.63) is 5.82 Å². The summed E-state index contributed by atoms with van der Waals surface area (Å²) in [7, 11) is 0. The van der Waals surface area contributed by atoms with Crippen LogP contribution in [0.4, 0.5) is 0 Å². The first-order chi connectivity index (χ1) is 11.3. The molecule has 0 aromatic carbocycles. The Kier molecular flexibility index (Phi) is 12.8. The van der Waals surface area contributed by atoms with Gasteiger partial charge in [-0.15, -0.1) is 10.2 Å². The zero-order valence-electron chi connectivity index (χ0n) is 15.5. The summed E-state index contributed by atoms with van der Waals surface area (Å²) in [6.45, 7) is 4.47. The highest BCUT2D eigenvalue weighted by Crippen LogP contribution is 2.18. The van der Waals surface area contributed by atoms with E-state index in [1.165, 1.54) is 96.3 Å². The Balaban J connectivity index is 1.75. The second-order valence-electron chi connectivity index (χ2n) is 7.06. The minimum Gasteiger partial charge on any atom is -0.177 e. The Labute approximate surface area is 143 Å². The summed E-state index contributed by atoms with van der Waals surface area (Å²) in [5.41, 5.74) is 0. The van der Waals surface area contributed by atoms with Crippen LogP contribution in [0.25, 0.3) is 0 Å². The van der Waals surface area contributed by atoms with Gasteiger partial charge in [0.05, 0.1) is 0 Å². The van der Waals surface area contributed by atoms with Gasteiger partial charge in [-0.3, -0.25) is 0 Å². The number of aromatic nitrogens is 4. The maximum Gasteiger partial charge on any atom is 0.177 e. The van der Waals surface area contributed by atoms with Crippen molar-refractivity contribution in [3.63, 3.8) is 0 Å². The van der Waals surface area contributed by atoms with Gasteiger partial charge < -0.3 is 0 Å². The maximum atomic E-state index is 4.05. The molecule has 0 saturated heterocycles. The van der Waals surface area contributed by atoms with Crippen molar-refractivity contribution in [3.8, 4) is 0 Å². The summed E-state index contributed by atoms with van der Waals surface area (Å²) in [6.07, 6.45) is 21.0. The lowest BCUT2D eigenvalue weighted by Crippen LogP contribution is -1.96. The van der Waals surface area contributed by atoms with Crippen molar-refractivity contribution in [1.82, 2.24) is 20.6 Å². The van der Waals surface area contributed by atoms with E-state index in [9.17, 15) is 0 Å². The van der Waals surface area contributed by atoms with Gasteiger partial charge in [-0.1, -0.05) is 109 Å². The van der Waals surface area contributed by atoms with E-state index in [2.05, 4.69) is 34.5 Å². The molecule has 0 fully saturated rings. The molecule has 0 aliphatic rings. The number of rotatable bonds is 16. The molecule has 1 heterocycles. The summed E-state index contributed by atoms with van der Waals surface area (Å²) in [6, 6.07) is 0. The highest BCUT2D eigenvalue weighted by Gasteiger charge is 2.09. The average Bonchev–Trinajstić information content (AvgIpc) is 3.09. The molecule has 0 aliphatic heterocycles. The molecule has 1 aromatic rings. The molecule has 23 heavy (non-hydrogen) atoms. The molecule has 4 nitrogen and oxygen atoms in total. The molecule has 1 N–H and O–H groups in total. The molecular formula is C19H38N4. The average molecular weight is 323 g/mol. The summed E-state index contributed by atoms with van der Waals surface area (Å²) >= 11 is 0. The van der Waals surface area contributed by atoms with Crippen molar-refractivity contribution in [2.75, 3.05) is 0 Å². The zero-order chi connectivity index (χ0) is 16.6. The van der Waals surface area contributed by atoms with Crippen molar-refractivity contribution in [2.24, 2.45) is 0 Å². The molecule has 4 heteroatoms. The van der Waals surface area contributed by atoms with Crippen LogP contribution >= 0.6 is 0 Å². The smallest absolute Gasteiger partial charge is 0.177 e. The fraction of sp³-hybridized carbons (Fsp3) is 0.947. The normalized spacial score (nSPS) is 12.6. The van der Waals surface area contributed by atoms with Crippen molar-refractivity contribution in [1.29, 1.82) is 0 Å². The Morgan fingerprint density at radius 3 is 1.65 bits per heavy atom. The topological polar surface area (TPSA) is 54.5 Å². The third kappa shape index (κ3) is 11.3. The molecule has 1 rings (SSSR count). The summed E-state index contributed by atoms with van der Waals surface area (Å²) in [5, 5.41) is 14.3. The fourth-order valence-corrected chi connectivity index (χ4v) is 3.15. The zero-order valence-corrected chi connectivity index (χ0v) is 15.5. The van der Waals surface area contributed by atoms with Crippen LogP contribution in [0.2, 0.25) is 0 Å². The van der Waals surface area contributed by atoms with E-state index in [1.807, 2.05) is 0 Å². The van der Waals surface area contributed by atoms with Gasteiger partial charge in [0.1, 0.15) is 0 Å². The van der Waals surface area contributed by atoms with Crippen LogP contribution < -0.4 is 0 Å². The molecule has 1 unspecified atom stereocenters. The molecule has 0 saturated carbocycles. The minimum atomic E-state index is 0.436. The van der Waals surface area contributed by atoms with Gasteiger partial charge in [0.25, 0.3) is 0 Å². The molecule has 0 amide bonds. The predicted octanol–water partition coefficient (Wildman–Crippen LogP) is 6.17.